The largest absolute Gasteiger partial charge is 0.485 e. The molecule has 4 heterocycles. The smallest absolute Gasteiger partial charge is 0.276 e. The van der Waals surface area contributed by atoms with Crippen LogP contribution in [0, 0.1) is 6.92 Å². The molecule has 2 aliphatic rings. The predicted octanol–water partition coefficient (Wildman–Crippen LogP) is 2.27. The van der Waals surface area contributed by atoms with Crippen LogP contribution in [-0.4, -0.2) is 53.2 Å². The van der Waals surface area contributed by atoms with Crippen LogP contribution in [0.25, 0.3) is 0 Å². The van der Waals surface area contributed by atoms with Gasteiger partial charge >= 0.3 is 0 Å². The third-order valence-electron chi connectivity index (χ3n) is 4.73. The highest BCUT2D eigenvalue weighted by molar-refractivity contribution is 5.92. The summed E-state index contributed by atoms with van der Waals surface area (Å²) in [5.74, 6) is 2.26. The van der Waals surface area contributed by atoms with E-state index >= 15 is 0 Å². The number of aromatic nitrogens is 2. The molecule has 0 aromatic carbocycles. The Labute approximate surface area is 146 Å². The molecular formula is C18H22N4O3. The fourth-order valence-corrected chi connectivity index (χ4v) is 3.46. The topological polar surface area (TPSA) is 71.7 Å². The molecule has 7 nitrogen and oxygen atoms in total. The van der Waals surface area contributed by atoms with Crippen LogP contribution in [0.4, 0.5) is 5.82 Å². The number of ether oxygens (including phenoxy) is 1. The molecule has 2 aromatic rings. The molecule has 0 bridgehead atoms. The van der Waals surface area contributed by atoms with Gasteiger partial charge in [0.1, 0.15) is 11.9 Å². The molecule has 0 aliphatic carbocycles. The van der Waals surface area contributed by atoms with Crippen molar-refractivity contribution in [3.05, 3.63) is 35.9 Å². The number of pyridine rings is 1. The van der Waals surface area contributed by atoms with E-state index < -0.39 is 0 Å². The molecule has 0 radical (unpaired) electrons. The first-order valence-electron chi connectivity index (χ1n) is 8.80. The van der Waals surface area contributed by atoms with Crippen LogP contribution in [0.1, 0.15) is 35.5 Å². The van der Waals surface area contributed by atoms with Crippen molar-refractivity contribution in [2.75, 3.05) is 31.1 Å². The first-order chi connectivity index (χ1) is 12.2. The summed E-state index contributed by atoms with van der Waals surface area (Å²) in [4.78, 5) is 21.0. The molecule has 0 N–H and O–H groups in total. The Hall–Kier alpha value is -2.57. The Morgan fingerprint density at radius 2 is 2.16 bits per heavy atom. The van der Waals surface area contributed by atoms with E-state index in [4.69, 9.17) is 9.26 Å². The van der Waals surface area contributed by atoms with Crippen molar-refractivity contribution < 1.29 is 14.1 Å². The number of anilines is 1. The summed E-state index contributed by atoms with van der Waals surface area (Å²) in [6.45, 7) is 5.04. The number of carbonyl (C=O) groups excluding carboxylic acids is 1. The lowest BCUT2D eigenvalue weighted by Gasteiger charge is -2.22. The first kappa shape index (κ1) is 15.9. The number of carbonyl (C=O) groups is 1. The van der Waals surface area contributed by atoms with Crippen LogP contribution < -0.4 is 9.64 Å². The summed E-state index contributed by atoms with van der Waals surface area (Å²) in [5, 5.41) is 3.81. The standard InChI is InChI=1S/C18H22N4O3/c1-13-11-15(20-25-13)18(23)22-10-6-14(12-22)24-16-5-4-7-19-17(16)21-8-2-3-9-21/h4-5,7,11,14H,2-3,6,8-10,12H2,1H3/t14-/m1/s1. The van der Waals surface area contributed by atoms with Crippen molar-refractivity contribution in [2.45, 2.75) is 32.3 Å². The Morgan fingerprint density at radius 3 is 2.92 bits per heavy atom. The van der Waals surface area contributed by atoms with Gasteiger partial charge in [-0.3, -0.25) is 4.79 Å². The van der Waals surface area contributed by atoms with Crippen molar-refractivity contribution in [1.82, 2.24) is 15.0 Å². The lowest BCUT2D eigenvalue weighted by Crippen LogP contribution is -2.31. The van der Waals surface area contributed by atoms with Crippen LogP contribution in [0.2, 0.25) is 0 Å². The Balaban J connectivity index is 1.42. The van der Waals surface area contributed by atoms with Crippen LogP contribution in [0.15, 0.2) is 28.9 Å². The number of hydrogen-bond donors (Lipinski definition) is 0. The van der Waals surface area contributed by atoms with Crippen molar-refractivity contribution in [1.29, 1.82) is 0 Å². The number of aryl methyl sites for hydroxylation is 1. The summed E-state index contributed by atoms with van der Waals surface area (Å²) >= 11 is 0. The number of likely N-dealkylation sites (tertiary alicyclic amines) is 1. The number of rotatable bonds is 4. The number of hydrogen-bond acceptors (Lipinski definition) is 6. The highest BCUT2D eigenvalue weighted by atomic mass is 16.5. The van der Waals surface area contributed by atoms with Gasteiger partial charge in [-0.15, -0.1) is 0 Å². The average Bonchev–Trinajstić information content (AvgIpc) is 3.36. The van der Waals surface area contributed by atoms with Crippen molar-refractivity contribution in [2.24, 2.45) is 0 Å². The summed E-state index contributed by atoms with van der Waals surface area (Å²) < 4.78 is 11.2. The van der Waals surface area contributed by atoms with Crippen LogP contribution in [0.3, 0.4) is 0 Å². The fourth-order valence-electron chi connectivity index (χ4n) is 3.46. The zero-order chi connectivity index (χ0) is 17.2. The molecule has 2 saturated heterocycles. The van der Waals surface area contributed by atoms with Gasteiger partial charge in [0.2, 0.25) is 0 Å². The zero-order valence-electron chi connectivity index (χ0n) is 14.4. The van der Waals surface area contributed by atoms with E-state index in [-0.39, 0.29) is 12.0 Å². The van der Waals surface area contributed by atoms with Crippen LogP contribution >= 0.6 is 0 Å². The van der Waals surface area contributed by atoms with Gasteiger partial charge in [-0.2, -0.15) is 0 Å². The minimum Gasteiger partial charge on any atom is -0.485 e. The lowest BCUT2D eigenvalue weighted by atomic mass is 10.3. The van der Waals surface area contributed by atoms with Gasteiger partial charge in [-0.05, 0) is 31.9 Å². The highest BCUT2D eigenvalue weighted by Crippen LogP contribution is 2.30. The Kier molecular flexibility index (Phi) is 4.29. The molecule has 4 rings (SSSR count). The SMILES string of the molecule is Cc1cc(C(=O)N2CC[C@@H](Oc3cccnc3N3CCCC3)C2)no1. The van der Waals surface area contributed by atoms with E-state index in [9.17, 15) is 4.79 Å². The van der Waals surface area contributed by atoms with Crippen molar-refractivity contribution >= 4 is 11.7 Å². The third kappa shape index (κ3) is 3.31. The Bertz CT molecular complexity index is 754. The van der Waals surface area contributed by atoms with Gasteiger partial charge < -0.3 is 19.1 Å². The van der Waals surface area contributed by atoms with Crippen LogP contribution in [-0.2, 0) is 0 Å². The molecule has 0 unspecified atom stereocenters. The number of nitrogens with zero attached hydrogens (tertiary/aromatic N) is 4. The van der Waals surface area contributed by atoms with Gasteiger partial charge in [-0.25, -0.2) is 4.98 Å². The second kappa shape index (κ2) is 6.74. The molecule has 0 saturated carbocycles. The monoisotopic (exact) mass is 342 g/mol. The second-order valence-electron chi connectivity index (χ2n) is 6.62. The highest BCUT2D eigenvalue weighted by Gasteiger charge is 2.30. The fraction of sp³-hybridized carbons (Fsp3) is 0.500. The summed E-state index contributed by atoms with van der Waals surface area (Å²) in [7, 11) is 0. The predicted molar refractivity (Wildman–Crippen MR) is 91.9 cm³/mol. The van der Waals surface area contributed by atoms with E-state index in [1.165, 1.54) is 12.8 Å². The molecule has 2 aromatic heterocycles. The molecule has 7 heteroatoms. The average molecular weight is 342 g/mol. The van der Waals surface area contributed by atoms with Gasteiger partial charge in [-0.1, -0.05) is 5.16 Å². The summed E-state index contributed by atoms with van der Waals surface area (Å²) in [5.41, 5.74) is 0.359. The van der Waals surface area contributed by atoms with E-state index in [2.05, 4.69) is 15.0 Å². The summed E-state index contributed by atoms with van der Waals surface area (Å²) in [6, 6.07) is 5.53. The molecule has 2 fully saturated rings. The minimum atomic E-state index is -0.103. The van der Waals surface area contributed by atoms with Gasteiger partial charge in [0.25, 0.3) is 5.91 Å². The molecule has 0 spiro atoms. The van der Waals surface area contributed by atoms with Gasteiger partial charge in [0, 0.05) is 38.3 Å². The minimum absolute atomic E-state index is 0.0255. The molecule has 25 heavy (non-hydrogen) atoms. The van der Waals surface area contributed by atoms with Crippen LogP contribution in [0.5, 0.6) is 5.75 Å². The van der Waals surface area contributed by atoms with E-state index in [1.807, 2.05) is 12.1 Å². The molecule has 132 valence electrons. The van der Waals surface area contributed by atoms with E-state index in [0.29, 0.717) is 24.5 Å². The summed E-state index contributed by atoms with van der Waals surface area (Å²) in [6.07, 6.45) is 4.97. The van der Waals surface area contributed by atoms with E-state index in [0.717, 1.165) is 31.1 Å². The molecular weight excluding hydrogens is 320 g/mol. The molecule has 2 aliphatic heterocycles. The maximum Gasteiger partial charge on any atom is 0.276 e. The van der Waals surface area contributed by atoms with Gasteiger partial charge in [0.05, 0.1) is 6.54 Å². The lowest BCUT2D eigenvalue weighted by molar-refractivity contribution is 0.0762. The quantitative estimate of drug-likeness (QED) is 0.849. The maximum absolute atomic E-state index is 12.5. The molecule has 1 amide bonds. The number of amides is 1. The third-order valence-corrected chi connectivity index (χ3v) is 4.73. The van der Waals surface area contributed by atoms with Crippen molar-refractivity contribution in [3.63, 3.8) is 0 Å². The van der Waals surface area contributed by atoms with E-state index in [1.54, 1.807) is 24.1 Å². The maximum atomic E-state index is 12.5. The second-order valence-corrected chi connectivity index (χ2v) is 6.62. The van der Waals surface area contributed by atoms with Gasteiger partial charge in [0.15, 0.2) is 17.3 Å². The first-order valence-corrected chi connectivity index (χ1v) is 8.80. The Morgan fingerprint density at radius 1 is 1.32 bits per heavy atom. The normalized spacial score (nSPS) is 20.3. The zero-order valence-corrected chi connectivity index (χ0v) is 14.4. The van der Waals surface area contributed by atoms with Crippen molar-refractivity contribution in [3.8, 4) is 5.75 Å². The molecule has 1 atom stereocenters.